The maximum absolute atomic E-state index is 9.77. The van der Waals surface area contributed by atoms with Crippen molar-refractivity contribution in [3.63, 3.8) is 0 Å². The fourth-order valence-corrected chi connectivity index (χ4v) is 0.694. The second-order valence-corrected chi connectivity index (χ2v) is 1.86. The summed E-state index contributed by atoms with van der Waals surface area (Å²) in [6, 6.07) is 9.62. The zero-order valence-electron chi connectivity index (χ0n) is 5.45. The topological polar surface area (TPSA) is 19.9 Å². The number of allylic oxidation sites excluding steroid dienone is 1. The van der Waals surface area contributed by atoms with Gasteiger partial charge in [-0.3, -0.25) is 0 Å². The number of hydrogen-bond acceptors (Lipinski definition) is 0. The normalized spacial score (nSPS) is 9.50. The van der Waals surface area contributed by atoms with Gasteiger partial charge in [0.2, 0.25) is 0 Å². The van der Waals surface area contributed by atoms with E-state index in [4.69, 9.17) is 0 Å². The Hall–Kier alpha value is -1.30. The maximum atomic E-state index is 9.77. The van der Waals surface area contributed by atoms with E-state index in [1.807, 2.05) is 30.3 Å². The molecule has 0 saturated heterocycles. The van der Waals surface area contributed by atoms with Gasteiger partial charge in [-0.1, -0.05) is 0 Å². The average Bonchev–Trinajstić information content (AvgIpc) is 2.03. The van der Waals surface area contributed by atoms with E-state index >= 15 is 0 Å². The van der Waals surface area contributed by atoms with Gasteiger partial charge in [-0.15, -0.1) is 0 Å². The van der Waals surface area contributed by atoms with Crippen molar-refractivity contribution in [2.75, 3.05) is 0 Å². The number of hydrogen-bond donors (Lipinski definition) is 0. The molecule has 0 bridgehead atoms. The quantitative estimate of drug-likeness (QED) is 0.520. The molecule has 0 fully saturated rings. The van der Waals surface area contributed by atoms with Crippen LogP contribution in [-0.2, 0) is 4.65 Å². The number of benzene rings is 1. The van der Waals surface area contributed by atoms with Crippen LogP contribution in [0.4, 0.5) is 0 Å². The van der Waals surface area contributed by atoms with Gasteiger partial charge in [0.05, 0.1) is 0 Å². The van der Waals surface area contributed by atoms with Crippen molar-refractivity contribution in [3.05, 3.63) is 42.0 Å². The van der Waals surface area contributed by atoms with Crippen LogP contribution >= 0.6 is 0 Å². The van der Waals surface area contributed by atoms with Gasteiger partial charge in [-0.2, -0.15) is 0 Å². The van der Waals surface area contributed by atoms with E-state index in [1.54, 1.807) is 12.2 Å². The van der Waals surface area contributed by atoms with E-state index in [-0.39, 0.29) is 0 Å². The minimum absolute atomic E-state index is 1.02. The van der Waals surface area contributed by atoms with Crippen LogP contribution < -0.4 is 0 Å². The summed E-state index contributed by atoms with van der Waals surface area (Å²) in [5, 5.41) is 0. The molecule has 1 aromatic rings. The molecule has 1 rings (SSSR count). The summed E-state index contributed by atoms with van der Waals surface area (Å²) in [5.41, 5.74) is 1.02. The summed E-state index contributed by atoms with van der Waals surface area (Å²) < 4.78 is 9.77. The molecule has 10 heavy (non-hydrogen) atoms. The van der Waals surface area contributed by atoms with Crippen LogP contribution in [0, 0.1) is 6.15 Å². The Morgan fingerprint density at radius 3 is 2.50 bits per heavy atom. The third-order valence-electron chi connectivity index (χ3n) is 1.14. The summed E-state index contributed by atoms with van der Waals surface area (Å²) in [4.78, 5) is 0. The molecular weight excluding hydrogens is 124 g/mol. The van der Waals surface area contributed by atoms with Crippen molar-refractivity contribution in [1.29, 1.82) is 0 Å². The van der Waals surface area contributed by atoms with Gasteiger partial charge in [0.15, 0.2) is 0 Å². The average molecular weight is 131 g/mol. The van der Waals surface area contributed by atoms with Gasteiger partial charge in [-0.25, -0.2) is 0 Å². The third-order valence-corrected chi connectivity index (χ3v) is 1.14. The Morgan fingerprint density at radius 1 is 1.20 bits per heavy atom. The number of rotatable bonds is 1. The Balaban J connectivity index is 2.79. The Kier molecular flexibility index (Phi) is 2.50. The van der Waals surface area contributed by atoms with Gasteiger partial charge in [-0.05, 0) is 0 Å². The predicted octanol–water partition coefficient (Wildman–Crippen LogP) is 2.09. The van der Waals surface area contributed by atoms with Gasteiger partial charge < -0.3 is 0 Å². The molecule has 1 aromatic carbocycles. The summed E-state index contributed by atoms with van der Waals surface area (Å²) in [7, 11) is 0. The first-order valence-corrected chi connectivity index (χ1v) is 3.03. The molecular formula is C9H7O+. The van der Waals surface area contributed by atoms with Gasteiger partial charge in [0.1, 0.15) is 0 Å². The van der Waals surface area contributed by atoms with E-state index < -0.39 is 0 Å². The second-order valence-electron chi connectivity index (χ2n) is 1.86. The molecule has 0 N–H and O–H groups in total. The van der Waals surface area contributed by atoms with Crippen molar-refractivity contribution < 1.29 is 4.65 Å². The van der Waals surface area contributed by atoms with Gasteiger partial charge in [0.25, 0.3) is 0 Å². The zero-order valence-corrected chi connectivity index (χ0v) is 5.45. The molecule has 1 heteroatoms. The van der Waals surface area contributed by atoms with Crippen molar-refractivity contribution in [3.8, 4) is 6.15 Å². The van der Waals surface area contributed by atoms with Crippen molar-refractivity contribution in [2.24, 2.45) is 0 Å². The Morgan fingerprint density at radius 2 is 1.90 bits per heavy atom. The van der Waals surface area contributed by atoms with Crippen LogP contribution in [0.25, 0.3) is 6.08 Å². The first-order valence-electron chi connectivity index (χ1n) is 3.03. The first kappa shape index (κ1) is 6.81. The van der Waals surface area contributed by atoms with Crippen molar-refractivity contribution in [1.82, 2.24) is 0 Å². The van der Waals surface area contributed by atoms with Crippen LogP contribution in [0.15, 0.2) is 36.4 Å². The molecule has 0 aliphatic heterocycles. The molecule has 0 atom stereocenters. The molecule has 1 nitrogen and oxygen atoms in total. The van der Waals surface area contributed by atoms with Crippen LogP contribution in [0.2, 0.25) is 0 Å². The molecule has 0 amide bonds. The van der Waals surface area contributed by atoms with E-state index in [0.29, 0.717) is 0 Å². The minimum atomic E-state index is 1.02. The third kappa shape index (κ3) is 1.90. The Bertz CT molecular complexity index is 254. The molecule has 0 heterocycles. The SMILES string of the molecule is [O+]#CC=Cc1ccccc1. The fourth-order valence-electron chi connectivity index (χ4n) is 0.694. The molecule has 0 aliphatic rings. The molecule has 0 unspecified atom stereocenters. The van der Waals surface area contributed by atoms with Crippen molar-refractivity contribution >= 4 is 6.08 Å². The fraction of sp³-hybridized carbons (Fsp3) is 0. The summed E-state index contributed by atoms with van der Waals surface area (Å²) >= 11 is 0. The van der Waals surface area contributed by atoms with E-state index in [2.05, 4.69) is 0 Å². The second kappa shape index (κ2) is 3.67. The summed E-state index contributed by atoms with van der Waals surface area (Å²) in [6.45, 7) is 0. The molecule has 0 aliphatic carbocycles. The van der Waals surface area contributed by atoms with Crippen LogP contribution in [-0.4, -0.2) is 0 Å². The zero-order chi connectivity index (χ0) is 7.23. The van der Waals surface area contributed by atoms with Gasteiger partial charge >= 0.3 is 58.8 Å². The van der Waals surface area contributed by atoms with Crippen molar-refractivity contribution in [2.45, 2.75) is 0 Å². The molecule has 0 spiro atoms. The van der Waals surface area contributed by atoms with Crippen LogP contribution in [0.3, 0.4) is 0 Å². The first-order chi connectivity index (χ1) is 4.93. The molecule has 0 saturated carbocycles. The van der Waals surface area contributed by atoms with Crippen LogP contribution in [0.5, 0.6) is 0 Å². The molecule has 48 valence electrons. The molecule has 0 radical (unpaired) electrons. The standard InChI is InChI=1S/C9H7O/c10-8-4-7-9-5-2-1-3-6-9/h1-7H/q+1. The van der Waals surface area contributed by atoms with Crippen LogP contribution in [0.1, 0.15) is 5.56 Å². The monoisotopic (exact) mass is 131 g/mol. The van der Waals surface area contributed by atoms with E-state index in [1.165, 1.54) is 6.08 Å². The predicted molar refractivity (Wildman–Crippen MR) is 40.1 cm³/mol. The summed E-state index contributed by atoms with van der Waals surface area (Å²) in [6.07, 6.45) is 4.76. The molecule has 0 aromatic heterocycles. The van der Waals surface area contributed by atoms with E-state index in [0.717, 1.165) is 5.56 Å². The van der Waals surface area contributed by atoms with Gasteiger partial charge in [0, 0.05) is 0 Å². The van der Waals surface area contributed by atoms with E-state index in [9.17, 15) is 4.65 Å². The Labute approximate surface area is 59.7 Å². The summed E-state index contributed by atoms with van der Waals surface area (Å²) in [5.74, 6) is 0.